The topological polar surface area (TPSA) is 63.4 Å². The lowest BCUT2D eigenvalue weighted by molar-refractivity contribution is -0.387. The summed E-state index contributed by atoms with van der Waals surface area (Å²) in [6.45, 7) is 1.50. The largest absolute Gasteiger partial charge is 0.393 e. The van der Waals surface area contributed by atoms with E-state index in [2.05, 4.69) is 0 Å². The van der Waals surface area contributed by atoms with Crippen LogP contribution in [-0.2, 0) is 6.42 Å². The van der Waals surface area contributed by atoms with Crippen LogP contribution in [0, 0.1) is 15.9 Å². The average Bonchev–Trinajstić information content (AvgIpc) is 2.07. The average molecular weight is 199 g/mol. The van der Waals surface area contributed by atoms with Crippen LogP contribution in [0.4, 0.5) is 10.1 Å². The van der Waals surface area contributed by atoms with Crippen molar-refractivity contribution in [1.29, 1.82) is 0 Å². The lowest BCUT2D eigenvalue weighted by atomic mass is 10.1. The molecular formula is C9H10FNO3. The number of nitrogens with zero attached hydrogens (tertiary/aromatic N) is 1. The van der Waals surface area contributed by atoms with Gasteiger partial charge < -0.3 is 5.11 Å². The third-order valence-corrected chi connectivity index (χ3v) is 1.77. The van der Waals surface area contributed by atoms with Gasteiger partial charge in [0.1, 0.15) is 0 Å². The number of hydrogen-bond donors (Lipinski definition) is 1. The van der Waals surface area contributed by atoms with Crippen LogP contribution < -0.4 is 0 Å². The van der Waals surface area contributed by atoms with Crippen molar-refractivity contribution in [3.63, 3.8) is 0 Å². The molecule has 5 heteroatoms. The minimum Gasteiger partial charge on any atom is -0.393 e. The first-order chi connectivity index (χ1) is 6.52. The van der Waals surface area contributed by atoms with Gasteiger partial charge in [0, 0.05) is 12.5 Å². The number of nitro benzene ring substituents is 1. The molecule has 1 aromatic rings. The number of hydrogen-bond acceptors (Lipinski definition) is 3. The Morgan fingerprint density at radius 3 is 2.79 bits per heavy atom. The minimum atomic E-state index is -0.863. The highest BCUT2D eigenvalue weighted by Crippen LogP contribution is 2.20. The number of halogens is 1. The van der Waals surface area contributed by atoms with Gasteiger partial charge in [-0.2, -0.15) is 4.39 Å². The Morgan fingerprint density at radius 2 is 2.29 bits per heavy atom. The molecule has 1 rings (SSSR count). The number of nitro groups is 1. The van der Waals surface area contributed by atoms with Crippen LogP contribution in [0.1, 0.15) is 12.5 Å². The molecule has 14 heavy (non-hydrogen) atoms. The van der Waals surface area contributed by atoms with Crippen molar-refractivity contribution in [3.05, 3.63) is 39.7 Å². The lowest BCUT2D eigenvalue weighted by Gasteiger charge is -2.05. The van der Waals surface area contributed by atoms with Crippen molar-refractivity contribution >= 4 is 5.69 Å². The van der Waals surface area contributed by atoms with E-state index in [9.17, 15) is 14.5 Å². The Labute approximate surface area is 80.1 Å². The fourth-order valence-corrected chi connectivity index (χ4v) is 1.18. The maximum absolute atomic E-state index is 13.3. The molecule has 0 amide bonds. The molecule has 0 saturated heterocycles. The van der Waals surface area contributed by atoms with E-state index >= 15 is 0 Å². The Balaban J connectivity index is 3.07. The molecule has 1 N–H and O–H groups in total. The summed E-state index contributed by atoms with van der Waals surface area (Å²) in [6, 6.07) is 3.93. The van der Waals surface area contributed by atoms with Gasteiger partial charge in [0.2, 0.25) is 5.82 Å². The summed E-state index contributed by atoms with van der Waals surface area (Å²) in [5, 5.41) is 19.4. The molecule has 0 bridgehead atoms. The maximum atomic E-state index is 13.3. The summed E-state index contributed by atoms with van der Waals surface area (Å²) >= 11 is 0. The Hall–Kier alpha value is -1.49. The molecule has 1 unspecified atom stereocenters. The van der Waals surface area contributed by atoms with Gasteiger partial charge in [0.05, 0.1) is 11.0 Å². The van der Waals surface area contributed by atoms with Gasteiger partial charge in [-0.15, -0.1) is 0 Å². The molecular weight excluding hydrogens is 189 g/mol. The lowest BCUT2D eigenvalue weighted by Crippen LogP contribution is -2.07. The molecule has 0 aliphatic carbocycles. The first-order valence-corrected chi connectivity index (χ1v) is 4.12. The van der Waals surface area contributed by atoms with E-state index in [1.54, 1.807) is 0 Å². The SMILES string of the molecule is CC(O)Cc1cccc([N+](=O)[O-])c1F. The number of rotatable bonds is 3. The van der Waals surface area contributed by atoms with Crippen molar-refractivity contribution in [2.45, 2.75) is 19.4 Å². The molecule has 0 saturated carbocycles. The van der Waals surface area contributed by atoms with E-state index in [1.165, 1.54) is 19.1 Å². The molecule has 0 fully saturated rings. The van der Waals surface area contributed by atoms with Crippen LogP contribution in [-0.4, -0.2) is 16.1 Å². The third-order valence-electron chi connectivity index (χ3n) is 1.77. The van der Waals surface area contributed by atoms with Gasteiger partial charge >= 0.3 is 5.69 Å². The molecule has 0 spiro atoms. The maximum Gasteiger partial charge on any atom is 0.305 e. The summed E-state index contributed by atoms with van der Waals surface area (Å²) < 4.78 is 13.3. The second-order valence-corrected chi connectivity index (χ2v) is 3.06. The van der Waals surface area contributed by atoms with Crippen LogP contribution in [0.25, 0.3) is 0 Å². The zero-order valence-corrected chi connectivity index (χ0v) is 7.61. The van der Waals surface area contributed by atoms with Crippen molar-refractivity contribution in [3.8, 4) is 0 Å². The summed E-state index contributed by atoms with van der Waals surface area (Å²) in [5.74, 6) is -0.863. The monoisotopic (exact) mass is 199 g/mol. The summed E-state index contributed by atoms with van der Waals surface area (Å²) in [7, 11) is 0. The van der Waals surface area contributed by atoms with Gasteiger partial charge in [-0.25, -0.2) is 0 Å². The smallest absolute Gasteiger partial charge is 0.305 e. The van der Waals surface area contributed by atoms with E-state index in [4.69, 9.17) is 5.11 Å². The third kappa shape index (κ3) is 2.26. The summed E-state index contributed by atoms with van der Waals surface area (Å²) in [5.41, 5.74) is -0.391. The van der Waals surface area contributed by atoms with Gasteiger partial charge in [-0.1, -0.05) is 12.1 Å². The Bertz CT molecular complexity index is 352. The highest BCUT2D eigenvalue weighted by atomic mass is 19.1. The second-order valence-electron chi connectivity index (χ2n) is 3.06. The fourth-order valence-electron chi connectivity index (χ4n) is 1.18. The van der Waals surface area contributed by atoms with Gasteiger partial charge in [0.15, 0.2) is 0 Å². The van der Waals surface area contributed by atoms with E-state index in [0.29, 0.717) is 0 Å². The normalized spacial score (nSPS) is 12.5. The van der Waals surface area contributed by atoms with Gasteiger partial charge in [0.25, 0.3) is 0 Å². The van der Waals surface area contributed by atoms with E-state index in [0.717, 1.165) is 6.07 Å². The van der Waals surface area contributed by atoms with Crippen LogP contribution in [0.5, 0.6) is 0 Å². The molecule has 4 nitrogen and oxygen atoms in total. The predicted octanol–water partition coefficient (Wildman–Crippen LogP) is 1.66. The Morgan fingerprint density at radius 1 is 1.64 bits per heavy atom. The zero-order chi connectivity index (χ0) is 10.7. The van der Waals surface area contributed by atoms with Gasteiger partial charge in [-0.3, -0.25) is 10.1 Å². The first kappa shape index (κ1) is 10.6. The molecule has 0 aliphatic rings. The minimum absolute atomic E-state index is 0.0769. The van der Waals surface area contributed by atoms with Crippen molar-refractivity contribution in [2.75, 3.05) is 0 Å². The van der Waals surface area contributed by atoms with Crippen molar-refractivity contribution in [1.82, 2.24) is 0 Å². The highest BCUT2D eigenvalue weighted by Gasteiger charge is 2.17. The highest BCUT2D eigenvalue weighted by molar-refractivity contribution is 5.36. The fraction of sp³-hybridized carbons (Fsp3) is 0.333. The number of aliphatic hydroxyl groups excluding tert-OH is 1. The standard InChI is InChI=1S/C9H10FNO3/c1-6(12)5-7-3-2-4-8(9(7)10)11(13)14/h2-4,6,12H,5H2,1H3. The van der Waals surface area contributed by atoms with E-state index < -0.39 is 22.5 Å². The zero-order valence-electron chi connectivity index (χ0n) is 7.61. The molecule has 0 aromatic heterocycles. The Kier molecular flexibility index (Phi) is 3.14. The van der Waals surface area contributed by atoms with E-state index in [-0.39, 0.29) is 12.0 Å². The molecule has 1 aromatic carbocycles. The summed E-state index contributed by atoms with van der Waals surface area (Å²) in [6.07, 6.45) is -0.639. The molecule has 76 valence electrons. The van der Waals surface area contributed by atoms with Crippen LogP contribution in [0.15, 0.2) is 18.2 Å². The molecule has 1 atom stereocenters. The van der Waals surface area contributed by atoms with Crippen LogP contribution in [0.2, 0.25) is 0 Å². The van der Waals surface area contributed by atoms with Crippen LogP contribution >= 0.6 is 0 Å². The number of benzene rings is 1. The van der Waals surface area contributed by atoms with Crippen molar-refractivity contribution < 1.29 is 14.4 Å². The van der Waals surface area contributed by atoms with Crippen LogP contribution in [0.3, 0.4) is 0 Å². The number of aliphatic hydroxyl groups is 1. The quantitative estimate of drug-likeness (QED) is 0.594. The van der Waals surface area contributed by atoms with Gasteiger partial charge in [-0.05, 0) is 12.5 Å². The molecule has 0 radical (unpaired) electrons. The van der Waals surface area contributed by atoms with Crippen molar-refractivity contribution in [2.24, 2.45) is 0 Å². The molecule has 0 heterocycles. The first-order valence-electron chi connectivity index (χ1n) is 4.12. The van der Waals surface area contributed by atoms with E-state index in [1.807, 2.05) is 0 Å². The predicted molar refractivity (Wildman–Crippen MR) is 48.4 cm³/mol. The molecule has 0 aliphatic heterocycles. The second kappa shape index (κ2) is 4.15. The summed E-state index contributed by atoms with van der Waals surface area (Å²) in [4.78, 5) is 9.59.